The van der Waals surface area contributed by atoms with Crippen LogP contribution >= 0.6 is 0 Å². The van der Waals surface area contributed by atoms with E-state index in [0.29, 0.717) is 30.1 Å². The van der Waals surface area contributed by atoms with Crippen LogP contribution in [0, 0.1) is 13.8 Å². The molecule has 10 heteroatoms. The average Bonchev–Trinajstić information content (AvgIpc) is 3.21. The Morgan fingerprint density at radius 2 is 1.57 bits per heavy atom. The Bertz CT molecular complexity index is 1380. The minimum absolute atomic E-state index is 0.0769. The molecule has 1 fully saturated rings. The molecule has 0 atom stereocenters. The van der Waals surface area contributed by atoms with E-state index in [4.69, 9.17) is 4.74 Å². The molecule has 2 aliphatic heterocycles. The minimum Gasteiger partial charge on any atom is -0.482 e. The number of carbonyl (C=O) groups is 2. The van der Waals surface area contributed by atoms with Crippen LogP contribution in [0.15, 0.2) is 59.5 Å². The number of benzene rings is 2. The van der Waals surface area contributed by atoms with Gasteiger partial charge < -0.3 is 19.5 Å². The largest absolute Gasteiger partial charge is 0.482 e. The first-order valence-corrected chi connectivity index (χ1v) is 12.8. The number of piperazine rings is 1. The number of amides is 2. The molecule has 1 N–H and O–H groups in total. The third-order valence-electron chi connectivity index (χ3n) is 6.39. The SMILES string of the molecule is Cc1ccc(C)n1-c1ccc(C(=O)N2CCN(S(=O)(=O)c3ccc4c(c3)NC(=O)CO4)CC2)cc1. The van der Waals surface area contributed by atoms with Crippen LogP contribution in [0.25, 0.3) is 5.69 Å². The maximum atomic E-state index is 13.2. The van der Waals surface area contributed by atoms with Crippen molar-refractivity contribution in [2.75, 3.05) is 38.1 Å². The smallest absolute Gasteiger partial charge is 0.262 e. The van der Waals surface area contributed by atoms with E-state index in [1.165, 1.54) is 16.4 Å². The molecule has 0 unspecified atom stereocenters. The third kappa shape index (κ3) is 4.30. The molecule has 182 valence electrons. The zero-order chi connectivity index (χ0) is 24.7. The Morgan fingerprint density at radius 3 is 2.23 bits per heavy atom. The summed E-state index contributed by atoms with van der Waals surface area (Å²) < 4.78 is 35.1. The number of aromatic nitrogens is 1. The molecule has 0 bridgehead atoms. The van der Waals surface area contributed by atoms with E-state index in [0.717, 1.165) is 17.1 Å². The number of rotatable bonds is 4. The maximum absolute atomic E-state index is 13.2. The van der Waals surface area contributed by atoms with Gasteiger partial charge in [0.15, 0.2) is 6.61 Å². The summed E-state index contributed by atoms with van der Waals surface area (Å²) in [7, 11) is -3.78. The van der Waals surface area contributed by atoms with Gasteiger partial charge in [0.05, 0.1) is 10.6 Å². The Kier molecular flexibility index (Phi) is 5.86. The lowest BCUT2D eigenvalue weighted by atomic mass is 10.1. The van der Waals surface area contributed by atoms with E-state index in [1.807, 2.05) is 38.1 Å². The van der Waals surface area contributed by atoms with E-state index in [9.17, 15) is 18.0 Å². The number of anilines is 1. The van der Waals surface area contributed by atoms with Gasteiger partial charge in [-0.15, -0.1) is 0 Å². The summed E-state index contributed by atoms with van der Waals surface area (Å²) in [5, 5.41) is 2.63. The average molecular weight is 495 g/mol. The van der Waals surface area contributed by atoms with Gasteiger partial charge in [-0.2, -0.15) is 4.31 Å². The zero-order valence-electron chi connectivity index (χ0n) is 19.5. The Labute approximate surface area is 204 Å². The molecule has 0 radical (unpaired) electrons. The first-order valence-electron chi connectivity index (χ1n) is 11.4. The van der Waals surface area contributed by atoms with Crippen molar-refractivity contribution < 1.29 is 22.7 Å². The molecule has 9 nitrogen and oxygen atoms in total. The molecular weight excluding hydrogens is 468 g/mol. The van der Waals surface area contributed by atoms with Gasteiger partial charge in [0, 0.05) is 48.8 Å². The third-order valence-corrected chi connectivity index (χ3v) is 8.29. The van der Waals surface area contributed by atoms with Crippen LogP contribution in [0.3, 0.4) is 0 Å². The Balaban J connectivity index is 1.26. The second-order valence-corrected chi connectivity index (χ2v) is 10.6. The highest BCUT2D eigenvalue weighted by Gasteiger charge is 2.31. The molecule has 2 aromatic carbocycles. The summed E-state index contributed by atoms with van der Waals surface area (Å²) in [6, 6.07) is 16.0. The first-order chi connectivity index (χ1) is 16.7. The van der Waals surface area contributed by atoms with Gasteiger partial charge in [0.25, 0.3) is 11.8 Å². The molecule has 0 saturated carbocycles. The summed E-state index contributed by atoms with van der Waals surface area (Å²) in [6.45, 7) is 4.94. The number of carbonyl (C=O) groups excluding carboxylic acids is 2. The number of hydrogen-bond acceptors (Lipinski definition) is 5. The predicted molar refractivity (Wildman–Crippen MR) is 130 cm³/mol. The summed E-state index contributed by atoms with van der Waals surface area (Å²) in [5.41, 5.74) is 4.13. The number of aryl methyl sites for hydroxylation is 2. The van der Waals surface area contributed by atoms with E-state index < -0.39 is 10.0 Å². The van der Waals surface area contributed by atoms with Crippen LogP contribution in [0.4, 0.5) is 5.69 Å². The Hall–Kier alpha value is -3.63. The highest BCUT2D eigenvalue weighted by molar-refractivity contribution is 7.89. The van der Waals surface area contributed by atoms with Crippen LogP contribution in [-0.2, 0) is 14.8 Å². The van der Waals surface area contributed by atoms with Crippen LogP contribution < -0.4 is 10.1 Å². The number of sulfonamides is 1. The molecule has 1 saturated heterocycles. The van der Waals surface area contributed by atoms with Crippen LogP contribution in [0.1, 0.15) is 21.7 Å². The lowest BCUT2D eigenvalue weighted by molar-refractivity contribution is -0.118. The van der Waals surface area contributed by atoms with Crippen LogP contribution in [0.2, 0.25) is 0 Å². The molecule has 35 heavy (non-hydrogen) atoms. The topological polar surface area (TPSA) is 101 Å². The lowest BCUT2D eigenvalue weighted by Crippen LogP contribution is -2.50. The van der Waals surface area contributed by atoms with Gasteiger partial charge >= 0.3 is 0 Å². The molecule has 3 aromatic rings. The molecule has 3 heterocycles. The van der Waals surface area contributed by atoms with Gasteiger partial charge in [-0.3, -0.25) is 9.59 Å². The predicted octanol–water partition coefficient (Wildman–Crippen LogP) is 2.57. The van der Waals surface area contributed by atoms with Crippen LogP contribution in [-0.4, -0.2) is 66.8 Å². The summed E-state index contributed by atoms with van der Waals surface area (Å²) in [4.78, 5) is 26.4. The highest BCUT2D eigenvalue weighted by Crippen LogP contribution is 2.31. The maximum Gasteiger partial charge on any atom is 0.262 e. The van der Waals surface area contributed by atoms with Crippen LogP contribution in [0.5, 0.6) is 5.75 Å². The molecule has 2 aliphatic rings. The van der Waals surface area contributed by atoms with Crippen molar-refractivity contribution in [1.29, 1.82) is 0 Å². The van der Waals surface area contributed by atoms with E-state index in [1.54, 1.807) is 11.0 Å². The second kappa shape index (κ2) is 8.86. The van der Waals surface area contributed by atoms with Crippen molar-refractivity contribution >= 4 is 27.5 Å². The standard InChI is InChI=1S/C25H26N4O5S/c1-17-3-4-18(2)29(17)20-7-5-19(6-8-20)25(31)27-11-13-28(14-12-27)35(32,33)21-9-10-23-22(15-21)26-24(30)16-34-23/h3-10,15H,11-14,16H2,1-2H3,(H,26,30). The molecule has 5 rings (SSSR count). The quantitative estimate of drug-likeness (QED) is 0.601. The van der Waals surface area contributed by atoms with Crippen molar-refractivity contribution in [3.8, 4) is 11.4 Å². The molecule has 1 aromatic heterocycles. The fourth-order valence-corrected chi connectivity index (χ4v) is 5.96. The van der Waals surface area contributed by atoms with Crippen molar-refractivity contribution in [3.05, 3.63) is 71.5 Å². The highest BCUT2D eigenvalue weighted by atomic mass is 32.2. The fourth-order valence-electron chi connectivity index (χ4n) is 4.51. The number of hydrogen-bond donors (Lipinski definition) is 1. The first kappa shape index (κ1) is 23.1. The molecule has 0 aliphatic carbocycles. The van der Waals surface area contributed by atoms with Crippen molar-refractivity contribution in [2.45, 2.75) is 18.7 Å². The van der Waals surface area contributed by atoms with Gasteiger partial charge in [-0.25, -0.2) is 8.42 Å². The molecule has 2 amide bonds. The van der Waals surface area contributed by atoms with E-state index in [-0.39, 0.29) is 36.4 Å². The van der Waals surface area contributed by atoms with Gasteiger partial charge in [0.2, 0.25) is 10.0 Å². The van der Waals surface area contributed by atoms with Crippen molar-refractivity contribution in [2.24, 2.45) is 0 Å². The second-order valence-electron chi connectivity index (χ2n) is 8.69. The van der Waals surface area contributed by atoms with Gasteiger partial charge in [-0.05, 0) is 68.4 Å². The van der Waals surface area contributed by atoms with Crippen molar-refractivity contribution in [3.63, 3.8) is 0 Å². The number of ether oxygens (including phenoxy) is 1. The summed E-state index contributed by atoms with van der Waals surface area (Å²) in [5.74, 6) is -0.0129. The monoisotopic (exact) mass is 494 g/mol. The lowest BCUT2D eigenvalue weighted by Gasteiger charge is -2.34. The minimum atomic E-state index is -3.78. The van der Waals surface area contributed by atoms with Gasteiger partial charge in [-0.1, -0.05) is 0 Å². The summed E-state index contributed by atoms with van der Waals surface area (Å²) >= 11 is 0. The fraction of sp³-hybridized carbons (Fsp3) is 0.280. The number of nitrogens with zero attached hydrogens (tertiary/aromatic N) is 3. The molecule has 0 spiro atoms. The van der Waals surface area contributed by atoms with Crippen molar-refractivity contribution in [1.82, 2.24) is 13.8 Å². The zero-order valence-corrected chi connectivity index (χ0v) is 20.3. The summed E-state index contributed by atoms with van der Waals surface area (Å²) in [6.07, 6.45) is 0. The normalized spacial score (nSPS) is 16.4. The van der Waals surface area contributed by atoms with E-state index in [2.05, 4.69) is 22.0 Å². The number of fused-ring (bicyclic) bond motifs is 1. The Morgan fingerprint density at radius 1 is 0.914 bits per heavy atom. The van der Waals surface area contributed by atoms with Gasteiger partial charge in [0.1, 0.15) is 5.75 Å². The van der Waals surface area contributed by atoms with E-state index >= 15 is 0 Å². The number of nitrogens with one attached hydrogen (secondary N) is 1. The molecular formula is C25H26N4O5S.